The Morgan fingerprint density at radius 1 is 1.29 bits per heavy atom. The Labute approximate surface area is 197 Å². The van der Waals surface area contributed by atoms with Gasteiger partial charge < -0.3 is 19.3 Å². The molecule has 0 aliphatic carbocycles. The number of aromatic nitrogens is 1. The van der Waals surface area contributed by atoms with Gasteiger partial charge in [-0.15, -0.1) is 0 Å². The summed E-state index contributed by atoms with van der Waals surface area (Å²) in [6, 6.07) is 4.00. The maximum Gasteiger partial charge on any atom is 0.341 e. The van der Waals surface area contributed by atoms with Gasteiger partial charge in [-0.3, -0.25) is 9.69 Å². The highest BCUT2D eigenvalue weighted by atomic mass is 127. The molecule has 0 spiro atoms. The Bertz CT molecular complexity index is 987. The molecule has 2 aromatic rings. The van der Waals surface area contributed by atoms with Crippen LogP contribution in [0.1, 0.15) is 44.0 Å². The van der Waals surface area contributed by atoms with Gasteiger partial charge in [0, 0.05) is 36.8 Å². The first-order valence-corrected chi connectivity index (χ1v) is 12.2. The average Bonchev–Trinajstić information content (AvgIpc) is 3.20. The van der Waals surface area contributed by atoms with E-state index in [9.17, 15) is 14.7 Å². The average molecular weight is 541 g/mol. The minimum Gasteiger partial charge on any atom is -0.491 e. The third-order valence-corrected chi connectivity index (χ3v) is 7.08. The van der Waals surface area contributed by atoms with Gasteiger partial charge in [0.05, 0.1) is 9.09 Å². The number of fused-ring (bicyclic) bond motifs is 1. The molecule has 3 rings (SSSR count). The molecule has 31 heavy (non-hydrogen) atoms. The van der Waals surface area contributed by atoms with Crippen LogP contribution in [0.4, 0.5) is 0 Å². The molecule has 170 valence electrons. The summed E-state index contributed by atoms with van der Waals surface area (Å²) in [4.78, 5) is 29.3. The zero-order valence-corrected chi connectivity index (χ0v) is 20.7. The van der Waals surface area contributed by atoms with Crippen molar-refractivity contribution in [2.24, 2.45) is 0 Å². The number of likely N-dealkylation sites (N-methyl/N-ethyl adjacent to an activating group) is 2. The van der Waals surface area contributed by atoms with Crippen LogP contribution in [0.3, 0.4) is 0 Å². The number of aromatic carboxylic acids is 1. The van der Waals surface area contributed by atoms with E-state index in [1.54, 1.807) is 6.07 Å². The number of halogens is 1. The Hall–Kier alpha value is -1.65. The molecule has 1 aliphatic rings. The molecule has 1 unspecified atom stereocenters. The molecule has 7 nitrogen and oxygen atoms in total. The van der Waals surface area contributed by atoms with E-state index in [1.165, 1.54) is 6.20 Å². The predicted molar refractivity (Wildman–Crippen MR) is 131 cm³/mol. The summed E-state index contributed by atoms with van der Waals surface area (Å²) in [5.41, 5.74) is 0.112. The van der Waals surface area contributed by atoms with Crippen molar-refractivity contribution in [2.75, 3.05) is 39.3 Å². The highest BCUT2D eigenvalue weighted by Crippen LogP contribution is 2.28. The van der Waals surface area contributed by atoms with E-state index in [0.717, 1.165) is 60.4 Å². The van der Waals surface area contributed by atoms with Crippen LogP contribution in [0.2, 0.25) is 0 Å². The first-order chi connectivity index (χ1) is 14.9. The second-order valence-corrected chi connectivity index (χ2v) is 9.09. The Morgan fingerprint density at radius 3 is 2.68 bits per heavy atom. The SMILES string of the molecule is CCN(CC)CCOc1cc2c(cc1I)c(=O)c(C(=O)O)cn2CC1CCCN1CC. The molecule has 8 heteroatoms. The van der Waals surface area contributed by atoms with Crippen LogP contribution >= 0.6 is 22.6 Å². The number of benzene rings is 1. The largest absolute Gasteiger partial charge is 0.491 e. The van der Waals surface area contributed by atoms with E-state index < -0.39 is 11.4 Å². The fourth-order valence-corrected chi connectivity index (χ4v) is 5.00. The highest BCUT2D eigenvalue weighted by molar-refractivity contribution is 14.1. The number of nitrogens with zero attached hydrogens (tertiary/aromatic N) is 3. The highest BCUT2D eigenvalue weighted by Gasteiger charge is 2.25. The van der Waals surface area contributed by atoms with Gasteiger partial charge in [0.25, 0.3) is 0 Å². The van der Waals surface area contributed by atoms with Crippen molar-refractivity contribution >= 4 is 39.5 Å². The summed E-state index contributed by atoms with van der Waals surface area (Å²) >= 11 is 2.16. The normalized spacial score (nSPS) is 17.0. The zero-order chi connectivity index (χ0) is 22.5. The van der Waals surface area contributed by atoms with Gasteiger partial charge in [-0.1, -0.05) is 20.8 Å². The lowest BCUT2D eigenvalue weighted by Gasteiger charge is -2.25. The molecule has 1 fully saturated rings. The molecule has 1 N–H and O–H groups in total. The van der Waals surface area contributed by atoms with Gasteiger partial charge in [0.15, 0.2) is 0 Å². The van der Waals surface area contributed by atoms with Crippen molar-refractivity contribution in [3.8, 4) is 5.75 Å². The Balaban J connectivity index is 2.00. The third-order valence-electron chi connectivity index (χ3n) is 6.24. The number of likely N-dealkylation sites (tertiary alicyclic amines) is 1. The maximum absolute atomic E-state index is 12.9. The van der Waals surface area contributed by atoms with Crippen molar-refractivity contribution in [3.63, 3.8) is 0 Å². The minimum atomic E-state index is -1.19. The van der Waals surface area contributed by atoms with Gasteiger partial charge >= 0.3 is 5.97 Å². The predicted octanol–water partition coefficient (Wildman–Crippen LogP) is 3.51. The van der Waals surface area contributed by atoms with Crippen LogP contribution in [0, 0.1) is 3.57 Å². The van der Waals surface area contributed by atoms with E-state index in [0.29, 0.717) is 24.6 Å². The minimum absolute atomic E-state index is 0.181. The van der Waals surface area contributed by atoms with Crippen LogP contribution in [0.25, 0.3) is 10.9 Å². The molecular weight excluding hydrogens is 509 g/mol. The van der Waals surface area contributed by atoms with Gasteiger partial charge in [-0.25, -0.2) is 4.79 Å². The lowest BCUT2D eigenvalue weighted by atomic mass is 10.1. The molecule has 1 aliphatic heterocycles. The van der Waals surface area contributed by atoms with Crippen molar-refractivity contribution in [2.45, 2.75) is 46.2 Å². The summed E-state index contributed by atoms with van der Waals surface area (Å²) in [5.74, 6) is -0.454. The molecule has 1 saturated heterocycles. The van der Waals surface area contributed by atoms with E-state index >= 15 is 0 Å². The number of ether oxygens (including phenoxy) is 1. The second kappa shape index (κ2) is 10.8. The van der Waals surface area contributed by atoms with Crippen LogP contribution in [0.15, 0.2) is 23.1 Å². The van der Waals surface area contributed by atoms with Gasteiger partial charge in [0.1, 0.15) is 17.9 Å². The van der Waals surface area contributed by atoms with Crippen LogP contribution < -0.4 is 10.2 Å². The summed E-state index contributed by atoms with van der Waals surface area (Å²) < 4.78 is 8.82. The monoisotopic (exact) mass is 541 g/mol. The standard InChI is InChI=1S/C23H32IN3O4/c1-4-25(5-2)10-11-31-21-13-20-17(12-19(21)24)22(28)18(23(29)30)15-27(20)14-16-8-7-9-26(16)6-3/h12-13,15-16H,4-11,14H2,1-3H3,(H,29,30). The zero-order valence-electron chi connectivity index (χ0n) is 18.6. The van der Waals surface area contributed by atoms with E-state index in [1.807, 2.05) is 10.6 Å². The fraction of sp³-hybridized carbons (Fsp3) is 0.565. The molecular formula is C23H32IN3O4. The van der Waals surface area contributed by atoms with Gasteiger partial charge in [0.2, 0.25) is 5.43 Å². The number of carboxylic acid groups (broad SMARTS) is 1. The smallest absolute Gasteiger partial charge is 0.341 e. The first-order valence-electron chi connectivity index (χ1n) is 11.1. The topological polar surface area (TPSA) is 75.0 Å². The fourth-order valence-electron chi connectivity index (χ4n) is 4.38. The van der Waals surface area contributed by atoms with E-state index in [-0.39, 0.29) is 5.56 Å². The number of hydrogen-bond acceptors (Lipinski definition) is 5. The molecule has 0 saturated carbocycles. The van der Waals surface area contributed by atoms with Crippen molar-refractivity contribution in [1.29, 1.82) is 0 Å². The summed E-state index contributed by atoms with van der Waals surface area (Å²) in [6.07, 6.45) is 3.72. The van der Waals surface area contributed by atoms with Crippen molar-refractivity contribution in [1.82, 2.24) is 14.4 Å². The summed E-state index contributed by atoms with van der Waals surface area (Å²) in [7, 11) is 0. The van der Waals surface area contributed by atoms with Crippen LogP contribution in [0.5, 0.6) is 5.75 Å². The quantitative estimate of drug-likeness (QED) is 0.465. The lowest BCUT2D eigenvalue weighted by molar-refractivity contribution is 0.0694. The van der Waals surface area contributed by atoms with Crippen LogP contribution in [-0.4, -0.2) is 70.8 Å². The first kappa shape index (κ1) is 24.0. The maximum atomic E-state index is 12.9. The van der Waals surface area contributed by atoms with E-state index in [2.05, 4.69) is 53.2 Å². The number of pyridine rings is 1. The third kappa shape index (κ3) is 5.40. The number of carboxylic acids is 1. The van der Waals surface area contributed by atoms with Crippen LogP contribution in [-0.2, 0) is 6.54 Å². The Kier molecular flexibility index (Phi) is 8.35. The number of hydrogen-bond donors (Lipinski definition) is 1. The molecule has 0 amide bonds. The number of rotatable bonds is 10. The molecule has 0 radical (unpaired) electrons. The summed E-state index contributed by atoms with van der Waals surface area (Å²) in [5, 5.41) is 10.0. The van der Waals surface area contributed by atoms with E-state index in [4.69, 9.17) is 4.74 Å². The molecule has 2 heterocycles. The summed E-state index contributed by atoms with van der Waals surface area (Å²) in [6.45, 7) is 12.4. The molecule has 1 aromatic carbocycles. The molecule has 0 bridgehead atoms. The Morgan fingerprint density at radius 2 is 2.03 bits per heavy atom. The lowest BCUT2D eigenvalue weighted by Crippen LogP contribution is -2.33. The van der Waals surface area contributed by atoms with Crippen molar-refractivity contribution < 1.29 is 14.6 Å². The molecule has 1 atom stereocenters. The molecule has 1 aromatic heterocycles. The number of carbonyl (C=O) groups is 1. The van der Waals surface area contributed by atoms with Gasteiger partial charge in [-0.2, -0.15) is 0 Å². The second-order valence-electron chi connectivity index (χ2n) is 7.93. The van der Waals surface area contributed by atoms with Crippen molar-refractivity contribution in [3.05, 3.63) is 37.7 Å². The van der Waals surface area contributed by atoms with Gasteiger partial charge in [-0.05, 0) is 67.7 Å².